The third kappa shape index (κ3) is 11.1. The van der Waals surface area contributed by atoms with E-state index in [9.17, 15) is 10.1 Å². The number of nitrogens with zero attached hydrogens (tertiary/aromatic N) is 6. The van der Waals surface area contributed by atoms with Crippen LogP contribution in [0.3, 0.4) is 0 Å². The Hall–Kier alpha value is -5.56. The van der Waals surface area contributed by atoms with Crippen molar-refractivity contribution in [3.05, 3.63) is 144 Å². The topological polar surface area (TPSA) is 155 Å². The maximum atomic E-state index is 13.5. The van der Waals surface area contributed by atoms with Gasteiger partial charge in [-0.1, -0.05) is 93.6 Å². The molecule has 1 unspecified atom stereocenters. The molecular formula is C53H66N7O7PSi. The molecule has 1 fully saturated rings. The van der Waals surface area contributed by atoms with E-state index in [0.29, 0.717) is 40.8 Å². The number of aromatic nitrogens is 4. The minimum absolute atomic E-state index is 0.0524. The quantitative estimate of drug-likeness (QED) is 0.0440. The third-order valence-corrected chi connectivity index (χ3v) is 20.0. The van der Waals surface area contributed by atoms with E-state index in [0.717, 1.165) is 16.7 Å². The SMILES string of the molecule is COc1ccc(C(OC[C@H]2O[C@@H](n3cnc4c(NC(=O)c5ccccc5)ncnc43)[C@H](OP(CCC#N)N(C(C)C)C(C)C)[C@H]2O[Si](C)(C)C(C)(C)C)(c2ccccc2)c2ccc(OC)cc2)cc1. The van der Waals surface area contributed by atoms with Crippen molar-refractivity contribution in [3.63, 3.8) is 0 Å². The second-order valence-corrected chi connectivity index (χ2v) is 25.8. The lowest BCUT2D eigenvalue weighted by Gasteiger charge is -2.43. The normalized spacial score (nSPS) is 18.2. The van der Waals surface area contributed by atoms with Crippen molar-refractivity contribution < 1.29 is 32.7 Å². The van der Waals surface area contributed by atoms with Crippen LogP contribution in [0.15, 0.2) is 122 Å². The molecule has 0 aliphatic carbocycles. The first-order valence-electron chi connectivity index (χ1n) is 23.5. The first-order chi connectivity index (χ1) is 33.0. The lowest BCUT2D eigenvalue weighted by Crippen LogP contribution is -2.51. The smallest absolute Gasteiger partial charge is 0.256 e. The number of hydrogen-bond acceptors (Lipinski definition) is 12. The van der Waals surface area contributed by atoms with Gasteiger partial charge in [0.15, 0.2) is 31.5 Å². The summed E-state index contributed by atoms with van der Waals surface area (Å²) >= 11 is 0. The molecule has 1 aliphatic heterocycles. The molecule has 0 radical (unpaired) electrons. The lowest BCUT2D eigenvalue weighted by molar-refractivity contribution is -0.0926. The van der Waals surface area contributed by atoms with Gasteiger partial charge in [0.2, 0.25) is 0 Å². The van der Waals surface area contributed by atoms with Crippen LogP contribution < -0.4 is 14.8 Å². The minimum atomic E-state index is -2.62. The molecule has 16 heteroatoms. The van der Waals surface area contributed by atoms with Crippen molar-refractivity contribution >= 4 is 39.5 Å². The van der Waals surface area contributed by atoms with E-state index >= 15 is 0 Å². The number of hydrogen-bond donors (Lipinski definition) is 1. The second kappa shape index (κ2) is 22.0. The summed E-state index contributed by atoms with van der Waals surface area (Å²) < 4.78 is 45.6. The number of imidazole rings is 1. The van der Waals surface area contributed by atoms with E-state index in [1.807, 2.05) is 89.5 Å². The van der Waals surface area contributed by atoms with E-state index in [4.69, 9.17) is 37.9 Å². The average Bonchev–Trinajstić information content (AvgIpc) is 3.92. The number of carbonyl (C=O) groups is 1. The van der Waals surface area contributed by atoms with Gasteiger partial charge in [-0.25, -0.2) is 15.0 Å². The summed E-state index contributed by atoms with van der Waals surface area (Å²) in [5.74, 6) is 1.35. The van der Waals surface area contributed by atoms with Crippen molar-refractivity contribution in [1.29, 1.82) is 5.26 Å². The number of carbonyl (C=O) groups excluding carboxylic acids is 1. The number of benzene rings is 4. The number of rotatable bonds is 20. The summed E-state index contributed by atoms with van der Waals surface area (Å²) in [6, 6.07) is 37.6. The highest BCUT2D eigenvalue weighted by molar-refractivity contribution is 7.50. The predicted octanol–water partition coefficient (Wildman–Crippen LogP) is 11.1. The van der Waals surface area contributed by atoms with E-state index in [1.165, 1.54) is 6.33 Å². The average molecular weight is 972 g/mol. The number of amides is 1. The van der Waals surface area contributed by atoms with Crippen molar-refractivity contribution in [2.24, 2.45) is 0 Å². The van der Waals surface area contributed by atoms with Crippen LogP contribution in [-0.4, -0.2) is 95.8 Å². The monoisotopic (exact) mass is 971 g/mol. The van der Waals surface area contributed by atoms with Crippen molar-refractivity contribution in [2.45, 2.75) is 115 Å². The maximum Gasteiger partial charge on any atom is 0.256 e. The van der Waals surface area contributed by atoms with Gasteiger partial charge < -0.3 is 33.2 Å². The van der Waals surface area contributed by atoms with Crippen molar-refractivity contribution in [2.75, 3.05) is 32.3 Å². The Labute approximate surface area is 409 Å². The molecule has 5 atom stereocenters. The molecule has 14 nitrogen and oxygen atoms in total. The Kier molecular flexibility index (Phi) is 16.4. The third-order valence-electron chi connectivity index (χ3n) is 13.0. The summed E-state index contributed by atoms with van der Waals surface area (Å²) in [6.45, 7) is 19.8. The minimum Gasteiger partial charge on any atom is -0.497 e. The first kappa shape index (κ1) is 51.3. The van der Waals surface area contributed by atoms with Crippen molar-refractivity contribution in [1.82, 2.24) is 24.2 Å². The van der Waals surface area contributed by atoms with Crippen LogP contribution in [0.2, 0.25) is 18.1 Å². The fraction of sp³-hybridized carbons (Fsp3) is 0.415. The predicted molar refractivity (Wildman–Crippen MR) is 273 cm³/mol. The number of nitrogens with one attached hydrogen (secondary N) is 1. The molecule has 1 N–H and O–H groups in total. The second-order valence-electron chi connectivity index (χ2n) is 19.2. The van der Waals surface area contributed by atoms with Gasteiger partial charge in [-0.05, 0) is 98.9 Å². The summed E-state index contributed by atoms with van der Waals surface area (Å²) in [4.78, 5) is 27.5. The maximum absolute atomic E-state index is 13.5. The zero-order valence-electron chi connectivity index (χ0n) is 41.6. The highest BCUT2D eigenvalue weighted by Gasteiger charge is 2.54. The largest absolute Gasteiger partial charge is 0.497 e. The van der Waals surface area contributed by atoms with E-state index in [2.05, 4.69) is 94.7 Å². The molecule has 0 saturated carbocycles. The Balaban J connectivity index is 1.40. The molecule has 69 heavy (non-hydrogen) atoms. The standard InChI is InChI=1S/C53H66N7O7PSi/c1-36(2)60(37(3)4)68(32-18-31-54)66-47-46(67-69(10,11)52(5,6)7)44(65-51(47)59-35-57-45-48(55-34-56-49(45)59)58-50(61)38-19-14-12-15-20-38)33-64-53(39-21-16-13-17-22-39,40-23-27-42(62-8)28-24-40)41-25-29-43(63-9)30-26-41/h12-17,19-30,34-37,44,46-47,51H,18,32-33H2,1-11H3,(H,55,56,58,61)/t44-,46+,47-,51-,68?/m1/s1. The Bertz CT molecular complexity index is 2600. The molecule has 364 valence electrons. The van der Waals surface area contributed by atoms with Gasteiger partial charge in [-0.3, -0.25) is 14.0 Å². The molecule has 0 bridgehead atoms. The molecule has 1 amide bonds. The van der Waals surface area contributed by atoms with Crippen LogP contribution in [-0.2, 0) is 24.0 Å². The van der Waals surface area contributed by atoms with Gasteiger partial charge >= 0.3 is 0 Å². The number of nitriles is 1. The first-order valence-corrected chi connectivity index (χ1v) is 27.8. The zero-order valence-corrected chi connectivity index (χ0v) is 43.5. The molecule has 0 spiro atoms. The zero-order chi connectivity index (χ0) is 49.5. The van der Waals surface area contributed by atoms with Crippen LogP contribution in [0, 0.1) is 11.3 Å². The van der Waals surface area contributed by atoms with Crippen LogP contribution >= 0.6 is 8.30 Å². The molecule has 1 saturated heterocycles. The Morgan fingerprint density at radius 2 is 1.39 bits per heavy atom. The van der Waals surface area contributed by atoms with Gasteiger partial charge in [-0.15, -0.1) is 0 Å². The highest BCUT2D eigenvalue weighted by atomic mass is 31.2. The van der Waals surface area contributed by atoms with E-state index < -0.39 is 46.8 Å². The highest BCUT2D eigenvalue weighted by Crippen LogP contribution is 2.53. The number of anilines is 1. The van der Waals surface area contributed by atoms with Gasteiger partial charge in [0.05, 0.1) is 33.2 Å². The molecule has 2 aromatic heterocycles. The fourth-order valence-electron chi connectivity index (χ4n) is 8.64. The molecule has 4 aromatic carbocycles. The number of fused-ring (bicyclic) bond motifs is 1. The molecule has 1 aliphatic rings. The van der Waals surface area contributed by atoms with Crippen LogP contribution in [0.4, 0.5) is 5.82 Å². The number of methoxy groups -OCH3 is 2. The lowest BCUT2D eigenvalue weighted by atomic mass is 9.80. The van der Waals surface area contributed by atoms with Crippen LogP contribution in [0.5, 0.6) is 11.5 Å². The van der Waals surface area contributed by atoms with E-state index in [1.54, 1.807) is 32.7 Å². The fourth-order valence-corrected chi connectivity index (χ4v) is 12.2. The summed E-state index contributed by atoms with van der Waals surface area (Å²) in [5, 5.41) is 12.7. The number of ether oxygens (including phenoxy) is 4. The van der Waals surface area contributed by atoms with E-state index in [-0.39, 0.29) is 35.5 Å². The van der Waals surface area contributed by atoms with Gasteiger partial charge in [0, 0.05) is 30.2 Å². The summed E-state index contributed by atoms with van der Waals surface area (Å²) in [6.07, 6.45) is 0.878. The van der Waals surface area contributed by atoms with Crippen LogP contribution in [0.1, 0.15) is 88.2 Å². The van der Waals surface area contributed by atoms with Crippen LogP contribution in [0.25, 0.3) is 11.2 Å². The molecular weight excluding hydrogens is 906 g/mol. The Morgan fingerprint density at radius 3 is 1.93 bits per heavy atom. The van der Waals surface area contributed by atoms with Crippen molar-refractivity contribution in [3.8, 4) is 17.6 Å². The summed E-state index contributed by atoms with van der Waals surface area (Å²) in [5.41, 5.74) is 2.77. The van der Waals surface area contributed by atoms with Gasteiger partial charge in [0.1, 0.15) is 50.0 Å². The molecule has 6 aromatic rings. The Morgan fingerprint density at radius 1 is 0.826 bits per heavy atom. The molecule has 7 rings (SSSR count). The van der Waals surface area contributed by atoms with Gasteiger partial charge in [-0.2, -0.15) is 5.26 Å². The summed E-state index contributed by atoms with van der Waals surface area (Å²) in [7, 11) is -0.709. The van der Waals surface area contributed by atoms with Gasteiger partial charge in [0.25, 0.3) is 5.91 Å². The molecule has 3 heterocycles.